The number of aromatic nitrogens is 1. The summed E-state index contributed by atoms with van der Waals surface area (Å²) in [5.41, 5.74) is 0.0836. The summed E-state index contributed by atoms with van der Waals surface area (Å²) in [4.78, 5) is 16.1. The third-order valence-corrected chi connectivity index (χ3v) is 5.53. The number of benzene rings is 2. The molecule has 4 rings (SSSR count). The Bertz CT molecular complexity index is 1040. The monoisotopic (exact) mass is 417 g/mol. The predicted molar refractivity (Wildman–Crippen MR) is 107 cm³/mol. The van der Waals surface area contributed by atoms with E-state index in [1.807, 2.05) is 12.1 Å². The van der Waals surface area contributed by atoms with Gasteiger partial charge in [0.25, 0.3) is 0 Å². The van der Waals surface area contributed by atoms with E-state index in [0.717, 1.165) is 20.8 Å². The Hall–Kier alpha value is -3.20. The van der Waals surface area contributed by atoms with Crippen molar-refractivity contribution in [3.05, 3.63) is 24.3 Å². The lowest BCUT2D eigenvalue weighted by Gasteiger charge is -2.24. The fourth-order valence-electron chi connectivity index (χ4n) is 2.84. The summed E-state index contributed by atoms with van der Waals surface area (Å²) in [6, 6.07) is 7.24. The number of fused-ring (bicyclic) bond motifs is 2. The molecule has 0 fully saturated rings. The molecule has 1 aliphatic heterocycles. The maximum Gasteiger partial charge on any atom is 0.347 e. The van der Waals surface area contributed by atoms with Crippen molar-refractivity contribution in [1.29, 1.82) is 0 Å². The molecule has 1 aromatic heterocycles. The Kier molecular flexibility index (Phi) is 4.62. The molecule has 0 bridgehead atoms. The maximum atomic E-state index is 11.5. The summed E-state index contributed by atoms with van der Waals surface area (Å²) in [7, 11) is 2.97. The topological polar surface area (TPSA) is 96.3 Å². The highest BCUT2D eigenvalue weighted by Gasteiger charge is 2.32. The van der Waals surface area contributed by atoms with Crippen molar-refractivity contribution >= 4 is 27.5 Å². The van der Waals surface area contributed by atoms with Crippen LogP contribution in [0.1, 0.15) is 13.8 Å². The molecule has 0 saturated carbocycles. The van der Waals surface area contributed by atoms with Gasteiger partial charge in [0.1, 0.15) is 5.01 Å². The largest absolute Gasteiger partial charge is 0.493 e. The molecule has 2 aromatic carbocycles. The zero-order chi connectivity index (χ0) is 20.8. The molecule has 8 nitrogen and oxygen atoms in total. The van der Waals surface area contributed by atoms with E-state index in [0.29, 0.717) is 23.0 Å². The minimum atomic E-state index is -1.46. The van der Waals surface area contributed by atoms with Gasteiger partial charge >= 0.3 is 5.97 Å². The van der Waals surface area contributed by atoms with Gasteiger partial charge in [-0.15, -0.1) is 11.3 Å². The molecular formula is C20H19NO7S. The van der Waals surface area contributed by atoms with Crippen LogP contribution in [-0.2, 0) is 4.79 Å². The van der Waals surface area contributed by atoms with Gasteiger partial charge in [-0.05, 0) is 26.0 Å². The van der Waals surface area contributed by atoms with Crippen LogP contribution >= 0.6 is 11.3 Å². The summed E-state index contributed by atoms with van der Waals surface area (Å²) in [6.07, 6.45) is 0. The van der Waals surface area contributed by atoms with Gasteiger partial charge in [-0.25, -0.2) is 9.78 Å². The Morgan fingerprint density at radius 1 is 1.10 bits per heavy atom. The van der Waals surface area contributed by atoms with E-state index < -0.39 is 11.6 Å². The fourth-order valence-corrected chi connectivity index (χ4v) is 3.81. The van der Waals surface area contributed by atoms with Gasteiger partial charge in [-0.2, -0.15) is 0 Å². The van der Waals surface area contributed by atoms with Crippen LogP contribution in [0.25, 0.3) is 20.8 Å². The Labute approximate surface area is 170 Å². The van der Waals surface area contributed by atoms with Crippen LogP contribution in [0.3, 0.4) is 0 Å². The van der Waals surface area contributed by atoms with Crippen LogP contribution in [0.15, 0.2) is 24.3 Å². The molecule has 9 heteroatoms. The third-order valence-electron chi connectivity index (χ3n) is 4.46. The Morgan fingerprint density at radius 3 is 2.31 bits per heavy atom. The number of hydrogen-bond acceptors (Lipinski definition) is 8. The van der Waals surface area contributed by atoms with Gasteiger partial charge < -0.3 is 28.8 Å². The summed E-state index contributed by atoms with van der Waals surface area (Å²) in [5.74, 6) is 1.18. The smallest absolute Gasteiger partial charge is 0.347 e. The number of ether oxygens (including phenoxy) is 5. The molecule has 0 spiro atoms. The molecular weight excluding hydrogens is 398 g/mol. The molecule has 0 radical (unpaired) electrons. The van der Waals surface area contributed by atoms with Crippen molar-refractivity contribution in [1.82, 2.24) is 4.98 Å². The molecule has 0 amide bonds. The predicted octanol–water partition coefficient (Wildman–Crippen LogP) is 3.95. The molecule has 2 heterocycles. The van der Waals surface area contributed by atoms with Crippen LogP contribution in [0.4, 0.5) is 0 Å². The molecule has 152 valence electrons. The number of methoxy groups -OCH3 is 2. The van der Waals surface area contributed by atoms with Gasteiger partial charge in [-0.3, -0.25) is 0 Å². The summed E-state index contributed by atoms with van der Waals surface area (Å²) >= 11 is 1.49. The molecule has 1 N–H and O–H groups in total. The number of carboxylic acids is 1. The lowest BCUT2D eigenvalue weighted by molar-refractivity contribution is -0.152. The number of thiazole rings is 1. The van der Waals surface area contributed by atoms with E-state index >= 15 is 0 Å². The molecule has 0 unspecified atom stereocenters. The first-order chi connectivity index (χ1) is 13.8. The second kappa shape index (κ2) is 7.00. The van der Waals surface area contributed by atoms with Crippen molar-refractivity contribution in [2.75, 3.05) is 21.0 Å². The standard InChI is InChI=1S/C20H19NO7S/c1-20(2,19(22)23)28-17-14(24-3)5-10(6-15(17)25-4)18-21-11-7-12-13(27-9-26-12)8-16(11)29-18/h5-8H,9H2,1-4H3,(H,22,23). The molecule has 0 aliphatic carbocycles. The zero-order valence-corrected chi connectivity index (χ0v) is 17.1. The van der Waals surface area contributed by atoms with Gasteiger partial charge in [-0.1, -0.05) is 0 Å². The first-order valence-electron chi connectivity index (χ1n) is 8.71. The van der Waals surface area contributed by atoms with Gasteiger partial charge in [0.15, 0.2) is 28.6 Å². The van der Waals surface area contributed by atoms with Crippen LogP contribution < -0.4 is 23.7 Å². The molecule has 0 atom stereocenters. The van der Waals surface area contributed by atoms with Crippen LogP contribution in [-0.4, -0.2) is 42.7 Å². The molecule has 3 aromatic rings. The minimum absolute atomic E-state index is 0.210. The first-order valence-corrected chi connectivity index (χ1v) is 9.53. The van der Waals surface area contributed by atoms with Crippen molar-refractivity contribution in [3.63, 3.8) is 0 Å². The summed E-state index contributed by atoms with van der Waals surface area (Å²) in [6.45, 7) is 3.13. The number of hydrogen-bond donors (Lipinski definition) is 1. The molecule has 29 heavy (non-hydrogen) atoms. The lowest BCUT2D eigenvalue weighted by Crippen LogP contribution is -2.38. The molecule has 0 saturated heterocycles. The van der Waals surface area contributed by atoms with Gasteiger partial charge in [0.2, 0.25) is 12.5 Å². The highest BCUT2D eigenvalue weighted by atomic mass is 32.1. The fraction of sp³-hybridized carbons (Fsp3) is 0.300. The van der Waals surface area contributed by atoms with E-state index in [2.05, 4.69) is 4.98 Å². The normalized spacial score (nSPS) is 12.8. The SMILES string of the molecule is COc1cc(-c2nc3cc4c(cc3s2)OCO4)cc(OC)c1OC(C)(C)C(=O)O. The first kappa shape index (κ1) is 19.1. The van der Waals surface area contributed by atoms with E-state index in [-0.39, 0.29) is 12.5 Å². The number of nitrogens with zero attached hydrogens (tertiary/aromatic N) is 1. The second-order valence-electron chi connectivity index (χ2n) is 6.82. The zero-order valence-electron chi connectivity index (χ0n) is 16.3. The van der Waals surface area contributed by atoms with Crippen LogP contribution in [0.2, 0.25) is 0 Å². The van der Waals surface area contributed by atoms with Crippen molar-refractivity contribution in [3.8, 4) is 39.3 Å². The Morgan fingerprint density at radius 2 is 1.72 bits per heavy atom. The number of carbonyl (C=O) groups is 1. The van der Waals surface area contributed by atoms with Crippen LogP contribution in [0.5, 0.6) is 28.7 Å². The number of aliphatic carboxylic acids is 1. The number of rotatable bonds is 6. The highest BCUT2D eigenvalue weighted by molar-refractivity contribution is 7.21. The van der Waals surface area contributed by atoms with E-state index in [1.165, 1.54) is 39.4 Å². The van der Waals surface area contributed by atoms with Crippen molar-refractivity contribution in [2.45, 2.75) is 19.4 Å². The Balaban J connectivity index is 1.79. The third kappa shape index (κ3) is 3.38. The maximum absolute atomic E-state index is 11.5. The van der Waals surface area contributed by atoms with Crippen molar-refractivity contribution < 1.29 is 33.6 Å². The quantitative estimate of drug-likeness (QED) is 0.644. The average molecular weight is 417 g/mol. The average Bonchev–Trinajstić information content (AvgIpc) is 3.31. The van der Waals surface area contributed by atoms with Crippen molar-refractivity contribution in [2.24, 2.45) is 0 Å². The van der Waals surface area contributed by atoms with E-state index in [1.54, 1.807) is 12.1 Å². The number of carboxylic acid groups (broad SMARTS) is 1. The summed E-state index contributed by atoms with van der Waals surface area (Å²) < 4.78 is 28.4. The van der Waals surface area contributed by atoms with Crippen LogP contribution in [0, 0.1) is 0 Å². The second-order valence-corrected chi connectivity index (χ2v) is 7.85. The molecule has 1 aliphatic rings. The minimum Gasteiger partial charge on any atom is -0.493 e. The lowest BCUT2D eigenvalue weighted by atomic mass is 10.1. The summed E-state index contributed by atoms with van der Waals surface area (Å²) in [5, 5.41) is 10.1. The van der Waals surface area contributed by atoms with E-state index in [9.17, 15) is 9.90 Å². The highest BCUT2D eigenvalue weighted by Crippen LogP contribution is 2.45. The van der Waals surface area contributed by atoms with E-state index in [4.69, 9.17) is 23.7 Å². The van der Waals surface area contributed by atoms with Gasteiger partial charge in [0, 0.05) is 17.7 Å². The van der Waals surface area contributed by atoms with Gasteiger partial charge in [0.05, 0.1) is 24.4 Å².